The lowest BCUT2D eigenvalue weighted by Crippen LogP contribution is -2.58. The van der Waals surface area contributed by atoms with E-state index in [4.69, 9.17) is 0 Å². The Morgan fingerprint density at radius 1 is 1.12 bits per heavy atom. The number of likely N-dealkylation sites (tertiary alicyclic amines) is 1. The van der Waals surface area contributed by atoms with E-state index in [9.17, 15) is 8.42 Å². The number of rotatable bonds is 2. The molecule has 0 aromatic rings. The molecule has 5 heteroatoms. The van der Waals surface area contributed by atoms with Gasteiger partial charge in [-0.25, -0.2) is 8.42 Å². The van der Waals surface area contributed by atoms with Crippen molar-refractivity contribution < 1.29 is 8.42 Å². The smallest absolute Gasteiger partial charge is 0.211 e. The molecular formula is C12H24N2O2S. The predicted octanol–water partition coefficient (Wildman–Crippen LogP) is 1.28. The molecule has 0 bridgehead atoms. The molecule has 0 aliphatic carbocycles. The van der Waals surface area contributed by atoms with Crippen LogP contribution in [-0.2, 0) is 10.0 Å². The minimum absolute atomic E-state index is 0.101. The minimum Gasteiger partial charge on any atom is -0.299 e. The van der Waals surface area contributed by atoms with Gasteiger partial charge in [-0.05, 0) is 46.1 Å². The predicted molar refractivity (Wildman–Crippen MR) is 69.5 cm³/mol. The highest BCUT2D eigenvalue weighted by molar-refractivity contribution is 7.88. The van der Waals surface area contributed by atoms with Crippen molar-refractivity contribution in [3.8, 4) is 0 Å². The third kappa shape index (κ3) is 2.51. The molecule has 2 fully saturated rings. The summed E-state index contributed by atoms with van der Waals surface area (Å²) >= 11 is 0. The van der Waals surface area contributed by atoms with E-state index in [1.54, 1.807) is 4.31 Å². The molecule has 2 aliphatic rings. The van der Waals surface area contributed by atoms with E-state index in [1.807, 2.05) is 0 Å². The highest BCUT2D eigenvalue weighted by Crippen LogP contribution is 2.39. The van der Waals surface area contributed by atoms with E-state index < -0.39 is 10.0 Å². The van der Waals surface area contributed by atoms with Gasteiger partial charge in [-0.1, -0.05) is 0 Å². The standard InChI is InChI=1S/C12H24N2O2S/c1-11(2)13-8-4-6-12(10-13)7-5-9-14(12)17(3,15)16/h11H,4-10H2,1-3H3/t12-/m0/s1. The second-order valence-electron chi connectivity index (χ2n) is 5.83. The Balaban J connectivity index is 2.23. The summed E-state index contributed by atoms with van der Waals surface area (Å²) in [5.41, 5.74) is -0.101. The van der Waals surface area contributed by atoms with E-state index in [0.29, 0.717) is 12.6 Å². The molecule has 2 rings (SSSR count). The summed E-state index contributed by atoms with van der Waals surface area (Å²) in [4.78, 5) is 2.42. The summed E-state index contributed by atoms with van der Waals surface area (Å²) in [6, 6.07) is 0.509. The molecule has 2 saturated heterocycles. The largest absolute Gasteiger partial charge is 0.299 e. The number of nitrogens with zero attached hydrogens (tertiary/aromatic N) is 2. The van der Waals surface area contributed by atoms with Crippen LogP contribution in [0.5, 0.6) is 0 Å². The zero-order chi connectivity index (χ0) is 12.7. The summed E-state index contributed by atoms with van der Waals surface area (Å²) < 4.78 is 25.6. The molecule has 0 radical (unpaired) electrons. The molecule has 0 N–H and O–H groups in total. The first kappa shape index (κ1) is 13.3. The lowest BCUT2D eigenvalue weighted by molar-refractivity contribution is 0.0688. The fourth-order valence-electron chi connectivity index (χ4n) is 3.43. The van der Waals surface area contributed by atoms with E-state index >= 15 is 0 Å². The molecule has 0 amide bonds. The molecule has 1 spiro atoms. The molecular weight excluding hydrogens is 236 g/mol. The molecule has 100 valence electrons. The van der Waals surface area contributed by atoms with Crippen LogP contribution in [0.25, 0.3) is 0 Å². The van der Waals surface area contributed by atoms with Crippen molar-refractivity contribution in [3.63, 3.8) is 0 Å². The lowest BCUT2D eigenvalue weighted by Gasteiger charge is -2.46. The molecule has 0 unspecified atom stereocenters. The highest BCUT2D eigenvalue weighted by Gasteiger charge is 2.47. The molecule has 0 aromatic heterocycles. The Labute approximate surface area is 105 Å². The van der Waals surface area contributed by atoms with Crippen molar-refractivity contribution >= 4 is 10.0 Å². The first-order valence-corrected chi connectivity index (χ1v) is 8.42. The van der Waals surface area contributed by atoms with Gasteiger partial charge >= 0.3 is 0 Å². The van der Waals surface area contributed by atoms with Gasteiger partial charge < -0.3 is 0 Å². The van der Waals surface area contributed by atoms with Gasteiger partial charge in [0.05, 0.1) is 6.26 Å². The maximum atomic E-state index is 11.9. The van der Waals surface area contributed by atoms with Crippen LogP contribution in [0.2, 0.25) is 0 Å². The van der Waals surface area contributed by atoms with Crippen molar-refractivity contribution in [2.24, 2.45) is 0 Å². The summed E-state index contributed by atoms with van der Waals surface area (Å²) in [6.07, 6.45) is 5.55. The molecule has 1 atom stereocenters. The summed E-state index contributed by atoms with van der Waals surface area (Å²) in [6.45, 7) is 7.12. The molecule has 4 nitrogen and oxygen atoms in total. The van der Waals surface area contributed by atoms with Crippen molar-refractivity contribution in [2.75, 3.05) is 25.9 Å². The Morgan fingerprint density at radius 2 is 1.71 bits per heavy atom. The molecule has 0 aromatic carbocycles. The van der Waals surface area contributed by atoms with Gasteiger partial charge in [0.25, 0.3) is 0 Å². The normalized spacial score (nSPS) is 32.7. The average Bonchev–Trinajstić information content (AvgIpc) is 2.61. The quantitative estimate of drug-likeness (QED) is 0.751. The fraction of sp³-hybridized carbons (Fsp3) is 1.00. The van der Waals surface area contributed by atoms with Crippen LogP contribution < -0.4 is 0 Å². The first-order chi connectivity index (χ1) is 7.85. The molecule has 2 heterocycles. The monoisotopic (exact) mass is 260 g/mol. The second-order valence-corrected chi connectivity index (χ2v) is 7.74. The summed E-state index contributed by atoms with van der Waals surface area (Å²) in [5.74, 6) is 0. The highest BCUT2D eigenvalue weighted by atomic mass is 32.2. The van der Waals surface area contributed by atoms with E-state index in [1.165, 1.54) is 6.26 Å². The Hall–Kier alpha value is -0.130. The van der Waals surface area contributed by atoms with Crippen molar-refractivity contribution in [1.29, 1.82) is 0 Å². The van der Waals surface area contributed by atoms with E-state index in [-0.39, 0.29) is 5.54 Å². The topological polar surface area (TPSA) is 40.6 Å². The van der Waals surface area contributed by atoms with Crippen molar-refractivity contribution in [3.05, 3.63) is 0 Å². The van der Waals surface area contributed by atoms with Crippen LogP contribution in [0.3, 0.4) is 0 Å². The fourth-order valence-corrected chi connectivity index (χ4v) is 4.83. The number of sulfonamides is 1. The van der Waals surface area contributed by atoms with Gasteiger partial charge in [0.15, 0.2) is 0 Å². The van der Waals surface area contributed by atoms with Crippen LogP contribution in [0.4, 0.5) is 0 Å². The summed E-state index contributed by atoms with van der Waals surface area (Å²) in [5, 5.41) is 0. The third-order valence-electron chi connectivity index (χ3n) is 4.25. The van der Waals surface area contributed by atoms with E-state index in [0.717, 1.165) is 38.8 Å². The van der Waals surface area contributed by atoms with Crippen molar-refractivity contribution in [2.45, 2.75) is 51.1 Å². The third-order valence-corrected chi connectivity index (χ3v) is 5.62. The molecule has 2 aliphatic heterocycles. The zero-order valence-corrected chi connectivity index (χ0v) is 12.0. The zero-order valence-electron chi connectivity index (χ0n) is 11.1. The Bertz CT molecular complexity index is 380. The van der Waals surface area contributed by atoms with Gasteiger partial charge in [0, 0.05) is 24.7 Å². The van der Waals surface area contributed by atoms with Gasteiger partial charge in [0.2, 0.25) is 10.0 Å². The second kappa shape index (κ2) is 4.52. The Kier molecular flexibility index (Phi) is 3.54. The molecule has 17 heavy (non-hydrogen) atoms. The van der Waals surface area contributed by atoms with Gasteiger partial charge in [0.1, 0.15) is 0 Å². The van der Waals surface area contributed by atoms with Crippen LogP contribution in [0.1, 0.15) is 39.5 Å². The maximum Gasteiger partial charge on any atom is 0.211 e. The lowest BCUT2D eigenvalue weighted by atomic mass is 9.87. The van der Waals surface area contributed by atoms with Gasteiger partial charge in [-0.15, -0.1) is 0 Å². The van der Waals surface area contributed by atoms with E-state index in [2.05, 4.69) is 18.7 Å². The average molecular weight is 260 g/mol. The molecule has 0 saturated carbocycles. The van der Waals surface area contributed by atoms with Crippen LogP contribution >= 0.6 is 0 Å². The number of hydrogen-bond acceptors (Lipinski definition) is 3. The van der Waals surface area contributed by atoms with Gasteiger partial charge in [-0.2, -0.15) is 4.31 Å². The summed E-state index contributed by atoms with van der Waals surface area (Å²) in [7, 11) is -3.05. The number of piperidine rings is 1. The van der Waals surface area contributed by atoms with Gasteiger partial charge in [-0.3, -0.25) is 4.90 Å². The van der Waals surface area contributed by atoms with Crippen LogP contribution in [0, 0.1) is 0 Å². The SMILES string of the molecule is CC(C)N1CCC[C@]2(CCCN2S(C)(=O)=O)C1. The van der Waals surface area contributed by atoms with Crippen LogP contribution in [0.15, 0.2) is 0 Å². The first-order valence-electron chi connectivity index (χ1n) is 6.57. The maximum absolute atomic E-state index is 11.9. The van der Waals surface area contributed by atoms with Crippen molar-refractivity contribution in [1.82, 2.24) is 9.21 Å². The van der Waals surface area contributed by atoms with Crippen LogP contribution in [-0.4, -0.2) is 55.1 Å². The Morgan fingerprint density at radius 3 is 2.24 bits per heavy atom. The minimum atomic E-state index is -3.05. The number of hydrogen-bond donors (Lipinski definition) is 0.